The Morgan fingerprint density at radius 3 is 1.33 bits per heavy atom. The first-order valence-electron chi connectivity index (χ1n) is 15.3. The highest BCUT2D eigenvalue weighted by Crippen LogP contribution is 2.36. The number of thiophene rings is 2. The molecule has 0 saturated heterocycles. The third-order valence-corrected chi connectivity index (χ3v) is 10.5. The van der Waals surface area contributed by atoms with Gasteiger partial charge in [0.2, 0.25) is 0 Å². The Labute approximate surface area is 257 Å². The summed E-state index contributed by atoms with van der Waals surface area (Å²) in [5, 5.41) is 25.1. The zero-order valence-electron chi connectivity index (χ0n) is 24.8. The first kappa shape index (κ1) is 31.3. The first-order chi connectivity index (χ1) is 20.6. The number of hydrogen-bond acceptors (Lipinski definition) is 4. The second-order valence-corrected chi connectivity index (χ2v) is 13.3. The minimum atomic E-state index is 0.111. The van der Waals surface area contributed by atoms with Crippen molar-refractivity contribution in [3.05, 3.63) is 67.3 Å². The van der Waals surface area contributed by atoms with E-state index in [1.165, 1.54) is 74.0 Å². The van der Waals surface area contributed by atoms with E-state index in [0.29, 0.717) is 10.4 Å². The molecule has 214 valence electrons. The average molecular weight is 591 g/mol. The van der Waals surface area contributed by atoms with E-state index < -0.39 is 0 Å². The Morgan fingerprint density at radius 2 is 0.976 bits per heavy atom. The van der Waals surface area contributed by atoms with Crippen molar-refractivity contribution < 1.29 is 0 Å². The van der Waals surface area contributed by atoms with Crippen LogP contribution in [0.3, 0.4) is 0 Å². The molecule has 0 bridgehead atoms. The molecule has 0 spiro atoms. The van der Waals surface area contributed by atoms with Gasteiger partial charge in [-0.25, -0.2) is 20.2 Å². The van der Waals surface area contributed by atoms with Gasteiger partial charge in [0.05, 0.1) is 25.3 Å². The van der Waals surface area contributed by atoms with Crippen molar-refractivity contribution in [2.45, 2.75) is 104 Å². The summed E-state index contributed by atoms with van der Waals surface area (Å²) in [5.74, 6) is 0. The van der Waals surface area contributed by atoms with E-state index in [-0.39, 0.29) is 11.4 Å². The van der Waals surface area contributed by atoms with E-state index in [0.717, 1.165) is 56.6 Å². The summed E-state index contributed by atoms with van der Waals surface area (Å²) in [6.07, 6.45) is 16.7. The molecule has 2 heterocycles. The van der Waals surface area contributed by atoms with Crippen LogP contribution in [0.4, 0.5) is 0 Å². The molecule has 0 unspecified atom stereocenters. The molecule has 0 amide bonds. The van der Waals surface area contributed by atoms with E-state index in [9.17, 15) is 10.5 Å². The van der Waals surface area contributed by atoms with Gasteiger partial charge in [0, 0.05) is 29.6 Å². The van der Waals surface area contributed by atoms with Crippen molar-refractivity contribution in [3.8, 4) is 12.1 Å². The summed E-state index contributed by atoms with van der Waals surface area (Å²) >= 11 is 3.35. The van der Waals surface area contributed by atoms with Crippen LogP contribution >= 0.6 is 22.7 Å². The van der Waals surface area contributed by atoms with Gasteiger partial charge >= 0.3 is 0 Å². The fraction of sp³-hybridized carbons (Fsp3) is 0.444. The maximum atomic E-state index is 9.87. The van der Waals surface area contributed by atoms with E-state index >= 15 is 0 Å². The zero-order valence-corrected chi connectivity index (χ0v) is 26.4. The van der Waals surface area contributed by atoms with Crippen LogP contribution in [0.15, 0.2) is 24.3 Å². The molecule has 0 aliphatic heterocycles. The van der Waals surface area contributed by atoms with Gasteiger partial charge in [-0.2, -0.15) is 0 Å². The van der Waals surface area contributed by atoms with Crippen LogP contribution in [0.2, 0.25) is 0 Å². The molecule has 0 atom stereocenters. The maximum absolute atomic E-state index is 9.87. The molecule has 4 nitrogen and oxygen atoms in total. The average Bonchev–Trinajstić information content (AvgIpc) is 3.63. The van der Waals surface area contributed by atoms with Gasteiger partial charge in [-0.15, -0.1) is 22.7 Å². The molecule has 4 rings (SSSR count). The SMILES string of the molecule is [C-]#[N+]/C(C#N)=c1/cc2c3cc(CCCCCCCC)sc3/c(=C(\C#N)[N+]#[C-])cc2c2cc(CCCCCCCC)sc12. The fourth-order valence-electron chi connectivity index (χ4n) is 5.75. The minimum Gasteiger partial charge on any atom is -0.226 e. The van der Waals surface area contributed by atoms with Gasteiger partial charge in [0.1, 0.15) is 0 Å². The number of aryl methyl sites for hydroxylation is 2. The number of fused-ring (bicyclic) bond motifs is 5. The van der Waals surface area contributed by atoms with E-state index in [4.69, 9.17) is 13.1 Å². The van der Waals surface area contributed by atoms with Gasteiger partial charge < -0.3 is 0 Å². The Hall–Kier alpha value is -3.68. The predicted octanol–water partition coefficient (Wildman–Crippen LogP) is 10.2. The normalized spacial score (nSPS) is 12.6. The first-order valence-corrected chi connectivity index (χ1v) is 17.0. The largest absolute Gasteiger partial charge is 0.270 e. The third kappa shape index (κ3) is 7.02. The molecule has 0 saturated carbocycles. The molecule has 0 radical (unpaired) electrons. The van der Waals surface area contributed by atoms with Crippen molar-refractivity contribution in [3.63, 3.8) is 0 Å². The summed E-state index contributed by atoms with van der Waals surface area (Å²) in [6, 6.07) is 12.7. The van der Waals surface area contributed by atoms with Crippen molar-refractivity contribution in [2.75, 3.05) is 0 Å². The molecule has 0 aliphatic rings. The molecule has 6 heteroatoms. The van der Waals surface area contributed by atoms with Crippen molar-refractivity contribution in [1.82, 2.24) is 0 Å². The number of nitrogens with zero attached hydrogens (tertiary/aromatic N) is 4. The van der Waals surface area contributed by atoms with Gasteiger partial charge in [-0.3, -0.25) is 0 Å². The Bertz CT molecular complexity index is 1690. The lowest BCUT2D eigenvalue weighted by Gasteiger charge is -2.05. The molecule has 2 aromatic heterocycles. The van der Waals surface area contributed by atoms with Gasteiger partial charge in [-0.05, 0) is 59.4 Å². The standard InChI is InChI=1S/C36H38N4S2/c1-5-7-9-11-13-15-17-25-19-29-27-21-32(34(24-38)40-4)36-30(20-26(42-36)18-16-14-12-10-8-6-2)28(27)22-31(35(29)41-25)33(23-37)39-3/h19-22H,5-18H2,1-2H3/b33-31-,34-32+. The third-order valence-electron chi connectivity index (χ3n) is 8.00. The predicted molar refractivity (Wildman–Crippen MR) is 179 cm³/mol. The lowest BCUT2D eigenvalue weighted by molar-refractivity contribution is 0.609. The highest BCUT2D eigenvalue weighted by Gasteiger charge is 2.16. The van der Waals surface area contributed by atoms with Crippen molar-refractivity contribution in [2.24, 2.45) is 0 Å². The maximum Gasteiger partial charge on any atom is 0.270 e. The number of rotatable bonds is 14. The van der Waals surface area contributed by atoms with Crippen LogP contribution in [-0.4, -0.2) is 0 Å². The minimum absolute atomic E-state index is 0.111. The molecule has 4 aromatic rings. The van der Waals surface area contributed by atoms with Crippen LogP contribution < -0.4 is 10.4 Å². The van der Waals surface area contributed by atoms with Crippen molar-refractivity contribution >= 4 is 65.0 Å². The van der Waals surface area contributed by atoms with Gasteiger partial charge in [0.15, 0.2) is 0 Å². The molecule has 0 fully saturated rings. The smallest absolute Gasteiger partial charge is 0.226 e. The van der Waals surface area contributed by atoms with Gasteiger partial charge in [-0.1, -0.05) is 90.2 Å². The van der Waals surface area contributed by atoms with Gasteiger partial charge in [0.25, 0.3) is 11.4 Å². The molecule has 42 heavy (non-hydrogen) atoms. The molecule has 2 aromatic carbocycles. The summed E-state index contributed by atoms with van der Waals surface area (Å²) in [4.78, 5) is 9.71. The number of benzene rings is 2. The van der Waals surface area contributed by atoms with E-state index in [1.807, 2.05) is 12.1 Å². The quantitative estimate of drug-likeness (QED) is 0.108. The monoisotopic (exact) mass is 590 g/mol. The summed E-state index contributed by atoms with van der Waals surface area (Å²) in [5.41, 5.74) is 0.222. The summed E-state index contributed by atoms with van der Waals surface area (Å²) in [7, 11) is 0. The van der Waals surface area contributed by atoms with Crippen molar-refractivity contribution in [1.29, 1.82) is 10.5 Å². The molecule has 0 N–H and O–H groups in total. The summed E-state index contributed by atoms with van der Waals surface area (Å²) < 4.78 is 1.90. The molecule has 0 aliphatic carbocycles. The Kier molecular flexibility index (Phi) is 11.6. The van der Waals surface area contributed by atoms with E-state index in [2.05, 4.69) is 47.8 Å². The fourth-order valence-corrected chi connectivity index (χ4v) is 8.21. The van der Waals surface area contributed by atoms with Crippen LogP contribution in [0.5, 0.6) is 0 Å². The van der Waals surface area contributed by atoms with Crippen LogP contribution in [0, 0.1) is 35.8 Å². The Balaban J connectivity index is 1.88. The zero-order chi connectivity index (χ0) is 29.9. The number of hydrogen-bond donors (Lipinski definition) is 0. The lowest BCUT2D eigenvalue weighted by atomic mass is 9.99. The summed E-state index contributed by atoms with van der Waals surface area (Å²) in [6.45, 7) is 19.9. The lowest BCUT2D eigenvalue weighted by Crippen LogP contribution is -2.08. The number of nitriles is 2. The van der Waals surface area contributed by atoms with Crippen LogP contribution in [0.25, 0.3) is 52.0 Å². The topological polar surface area (TPSA) is 56.3 Å². The second-order valence-electron chi connectivity index (χ2n) is 11.0. The van der Waals surface area contributed by atoms with Crippen LogP contribution in [-0.2, 0) is 12.8 Å². The molecular formula is C36H38N4S2. The number of unbranched alkanes of at least 4 members (excludes halogenated alkanes) is 10. The van der Waals surface area contributed by atoms with Crippen LogP contribution in [0.1, 0.15) is 101 Å². The Morgan fingerprint density at radius 1 is 0.595 bits per heavy atom. The van der Waals surface area contributed by atoms with E-state index in [1.54, 1.807) is 22.7 Å². The highest BCUT2D eigenvalue weighted by atomic mass is 32.1. The highest BCUT2D eigenvalue weighted by molar-refractivity contribution is 7.19. The second kappa shape index (κ2) is 15.5. The molecular weight excluding hydrogens is 553 g/mol.